The molecule has 0 spiro atoms. The van der Waals surface area contributed by atoms with Crippen molar-refractivity contribution in [1.82, 2.24) is 4.90 Å². The fourth-order valence-corrected chi connectivity index (χ4v) is 2.34. The first-order valence-corrected chi connectivity index (χ1v) is 5.37. The van der Waals surface area contributed by atoms with Crippen LogP contribution in [0.3, 0.4) is 0 Å². The van der Waals surface area contributed by atoms with Gasteiger partial charge in [-0.3, -0.25) is 14.5 Å². The normalized spacial score (nSPS) is 32.0. The van der Waals surface area contributed by atoms with Crippen molar-refractivity contribution in [2.45, 2.75) is 25.8 Å². The number of hydrogen-bond acceptors (Lipinski definition) is 3. The molecule has 2 amide bonds. The predicted molar refractivity (Wildman–Crippen MR) is 55.7 cm³/mol. The second-order valence-electron chi connectivity index (χ2n) is 4.42. The summed E-state index contributed by atoms with van der Waals surface area (Å²) >= 11 is 0. The van der Waals surface area contributed by atoms with Crippen LogP contribution in [0.4, 0.5) is 0 Å². The summed E-state index contributed by atoms with van der Waals surface area (Å²) in [6.07, 6.45) is 5.37. The lowest BCUT2D eigenvalue weighted by atomic mass is 9.85. The summed E-state index contributed by atoms with van der Waals surface area (Å²) in [6.45, 7) is 2.16. The van der Waals surface area contributed by atoms with Crippen LogP contribution in [0, 0.1) is 11.8 Å². The van der Waals surface area contributed by atoms with Gasteiger partial charge < -0.3 is 5.73 Å². The van der Waals surface area contributed by atoms with Crippen LogP contribution < -0.4 is 5.73 Å². The fraction of sp³-hybridized carbons (Fsp3) is 0.636. The summed E-state index contributed by atoms with van der Waals surface area (Å²) in [5.74, 6) is -0.319. The average molecular weight is 208 g/mol. The first-order chi connectivity index (χ1) is 7.11. The quantitative estimate of drug-likeness (QED) is 0.524. The van der Waals surface area contributed by atoms with Crippen molar-refractivity contribution in [3.8, 4) is 0 Å². The van der Waals surface area contributed by atoms with Crippen molar-refractivity contribution >= 4 is 11.8 Å². The monoisotopic (exact) mass is 208 g/mol. The summed E-state index contributed by atoms with van der Waals surface area (Å²) in [5, 5.41) is 0. The van der Waals surface area contributed by atoms with E-state index in [-0.39, 0.29) is 29.7 Å². The van der Waals surface area contributed by atoms with Gasteiger partial charge in [0.05, 0.1) is 11.8 Å². The van der Waals surface area contributed by atoms with Crippen LogP contribution in [0.2, 0.25) is 0 Å². The van der Waals surface area contributed by atoms with E-state index >= 15 is 0 Å². The van der Waals surface area contributed by atoms with Crippen LogP contribution in [-0.4, -0.2) is 29.3 Å². The maximum atomic E-state index is 11.9. The summed E-state index contributed by atoms with van der Waals surface area (Å²) in [4.78, 5) is 25.1. The smallest absolute Gasteiger partial charge is 0.233 e. The lowest BCUT2D eigenvalue weighted by molar-refractivity contribution is -0.140. The van der Waals surface area contributed by atoms with Gasteiger partial charge in [0.1, 0.15) is 0 Å². The van der Waals surface area contributed by atoms with Crippen LogP contribution in [-0.2, 0) is 9.59 Å². The van der Waals surface area contributed by atoms with E-state index in [1.807, 2.05) is 12.2 Å². The Morgan fingerprint density at radius 2 is 1.80 bits per heavy atom. The summed E-state index contributed by atoms with van der Waals surface area (Å²) < 4.78 is 0. The molecule has 0 aromatic heterocycles. The third-order valence-corrected chi connectivity index (χ3v) is 3.07. The molecule has 3 atom stereocenters. The van der Waals surface area contributed by atoms with Crippen molar-refractivity contribution in [1.29, 1.82) is 0 Å². The summed E-state index contributed by atoms with van der Waals surface area (Å²) in [5.41, 5.74) is 5.62. The largest absolute Gasteiger partial charge is 0.326 e. The highest BCUT2D eigenvalue weighted by atomic mass is 16.2. The van der Waals surface area contributed by atoms with Crippen LogP contribution in [0.25, 0.3) is 0 Å². The van der Waals surface area contributed by atoms with Crippen LogP contribution in [0.15, 0.2) is 12.2 Å². The first kappa shape index (κ1) is 10.4. The number of carbonyl (C=O) groups excluding carboxylic acids is 2. The number of imide groups is 1. The molecule has 2 N–H and O–H groups in total. The van der Waals surface area contributed by atoms with Gasteiger partial charge in [0.15, 0.2) is 0 Å². The molecule has 1 saturated heterocycles. The van der Waals surface area contributed by atoms with Crippen molar-refractivity contribution < 1.29 is 9.59 Å². The van der Waals surface area contributed by atoms with E-state index in [2.05, 4.69) is 0 Å². The molecule has 0 bridgehead atoms. The Kier molecular flexibility index (Phi) is 2.61. The molecule has 4 nitrogen and oxygen atoms in total. The number of amides is 2. The van der Waals surface area contributed by atoms with E-state index in [4.69, 9.17) is 5.73 Å². The zero-order valence-electron chi connectivity index (χ0n) is 8.85. The molecular weight excluding hydrogens is 192 g/mol. The van der Waals surface area contributed by atoms with E-state index in [1.165, 1.54) is 4.90 Å². The van der Waals surface area contributed by atoms with Gasteiger partial charge in [0.25, 0.3) is 0 Å². The number of carbonyl (C=O) groups is 2. The Bertz CT molecular complexity index is 297. The number of nitrogens with zero attached hydrogens (tertiary/aromatic N) is 1. The van der Waals surface area contributed by atoms with Crippen molar-refractivity contribution in [3.63, 3.8) is 0 Å². The maximum absolute atomic E-state index is 11.9. The van der Waals surface area contributed by atoms with Crippen LogP contribution in [0.5, 0.6) is 0 Å². The van der Waals surface area contributed by atoms with Crippen LogP contribution >= 0.6 is 0 Å². The fourth-order valence-electron chi connectivity index (χ4n) is 2.34. The first-order valence-electron chi connectivity index (χ1n) is 5.37. The Hall–Kier alpha value is -1.16. The number of rotatable bonds is 2. The number of hydrogen-bond donors (Lipinski definition) is 1. The minimum Gasteiger partial charge on any atom is -0.326 e. The lowest BCUT2D eigenvalue weighted by Crippen LogP contribution is -2.40. The molecule has 1 aliphatic carbocycles. The molecule has 2 aliphatic rings. The van der Waals surface area contributed by atoms with E-state index in [9.17, 15) is 9.59 Å². The molecule has 1 heterocycles. The highest BCUT2D eigenvalue weighted by Gasteiger charge is 2.46. The molecule has 82 valence electrons. The summed E-state index contributed by atoms with van der Waals surface area (Å²) in [7, 11) is 0. The lowest BCUT2D eigenvalue weighted by Gasteiger charge is -2.16. The Morgan fingerprint density at radius 3 is 2.20 bits per heavy atom. The second-order valence-corrected chi connectivity index (χ2v) is 4.42. The standard InChI is InChI=1S/C11H16N2O2/c1-7(12)6-13-10(14)8-4-2-3-5-9(8)11(13)15/h2-3,7-9H,4-6,12H2,1H3/t7-,8-,9-/m0/s1. The van der Waals surface area contributed by atoms with Gasteiger partial charge in [-0.05, 0) is 19.8 Å². The molecule has 0 saturated carbocycles. The second kappa shape index (κ2) is 3.77. The van der Waals surface area contributed by atoms with Crippen molar-refractivity contribution in [2.24, 2.45) is 17.6 Å². The highest BCUT2D eigenvalue weighted by Crippen LogP contribution is 2.34. The Labute approximate surface area is 89.1 Å². The van der Waals surface area contributed by atoms with Crippen molar-refractivity contribution in [2.75, 3.05) is 6.54 Å². The third-order valence-electron chi connectivity index (χ3n) is 3.07. The highest BCUT2D eigenvalue weighted by molar-refractivity contribution is 6.05. The number of allylic oxidation sites excluding steroid dienone is 2. The zero-order chi connectivity index (χ0) is 11.0. The van der Waals surface area contributed by atoms with Gasteiger partial charge >= 0.3 is 0 Å². The Balaban J connectivity index is 2.17. The van der Waals surface area contributed by atoms with Gasteiger partial charge in [-0.1, -0.05) is 12.2 Å². The molecule has 1 aliphatic heterocycles. The summed E-state index contributed by atoms with van der Waals surface area (Å²) in [6, 6.07) is -0.147. The van der Waals surface area contributed by atoms with E-state index < -0.39 is 0 Å². The topological polar surface area (TPSA) is 63.4 Å². The van der Waals surface area contributed by atoms with Gasteiger partial charge in [0.2, 0.25) is 11.8 Å². The molecule has 2 rings (SSSR count). The SMILES string of the molecule is C[C@H](N)CN1C(=O)[C@H]2CC=CC[C@@H]2C1=O. The molecular formula is C11H16N2O2. The molecule has 0 aromatic rings. The van der Waals surface area contributed by atoms with Crippen LogP contribution in [0.1, 0.15) is 19.8 Å². The van der Waals surface area contributed by atoms with Gasteiger partial charge in [-0.2, -0.15) is 0 Å². The third kappa shape index (κ3) is 1.69. The average Bonchev–Trinajstić information content (AvgIpc) is 2.44. The minimum atomic E-state index is -0.147. The van der Waals surface area contributed by atoms with Gasteiger partial charge in [-0.25, -0.2) is 0 Å². The molecule has 0 aromatic carbocycles. The zero-order valence-corrected chi connectivity index (χ0v) is 8.85. The molecule has 15 heavy (non-hydrogen) atoms. The number of likely N-dealkylation sites (tertiary alicyclic amines) is 1. The maximum Gasteiger partial charge on any atom is 0.233 e. The molecule has 0 unspecified atom stereocenters. The van der Waals surface area contributed by atoms with Gasteiger partial charge in [-0.15, -0.1) is 0 Å². The Morgan fingerprint density at radius 1 is 1.33 bits per heavy atom. The van der Waals surface area contributed by atoms with E-state index in [0.717, 1.165) is 0 Å². The number of nitrogens with two attached hydrogens (primary N) is 1. The predicted octanol–water partition coefficient (Wildman–Crippen LogP) is 0.285. The minimum absolute atomic E-state index is 0.0355. The van der Waals surface area contributed by atoms with E-state index in [1.54, 1.807) is 6.92 Å². The van der Waals surface area contributed by atoms with Crippen molar-refractivity contribution in [3.05, 3.63) is 12.2 Å². The van der Waals surface area contributed by atoms with Gasteiger partial charge in [0, 0.05) is 12.6 Å². The molecule has 0 radical (unpaired) electrons. The number of fused-ring (bicyclic) bond motifs is 1. The van der Waals surface area contributed by atoms with E-state index in [0.29, 0.717) is 19.4 Å². The molecule has 1 fully saturated rings. The molecule has 4 heteroatoms.